The molecule has 2 N–H and O–H groups in total. The Morgan fingerprint density at radius 3 is 2.57 bits per heavy atom. The Hall–Kier alpha value is -2.69. The van der Waals surface area contributed by atoms with Crippen LogP contribution in [0.3, 0.4) is 0 Å². The zero-order valence-electron chi connectivity index (χ0n) is 11.7. The molecular formula is C16H14FN3O. The summed E-state index contributed by atoms with van der Waals surface area (Å²) in [6.45, 7) is 4.06. The fourth-order valence-electron chi connectivity index (χ4n) is 2.21. The SMILES string of the molecule is Cc1ccc(-c2c(N)noc2-c2cncc(F)c2)cc1C. The summed E-state index contributed by atoms with van der Waals surface area (Å²) in [5.74, 6) is 0.258. The fraction of sp³-hybridized carbons (Fsp3) is 0.125. The van der Waals surface area contributed by atoms with Gasteiger partial charge in [-0.2, -0.15) is 0 Å². The summed E-state index contributed by atoms with van der Waals surface area (Å²) in [6.07, 6.45) is 2.66. The number of nitrogens with zero attached hydrogens (tertiary/aromatic N) is 2. The summed E-state index contributed by atoms with van der Waals surface area (Å²) in [4.78, 5) is 3.83. The van der Waals surface area contributed by atoms with Crippen LogP contribution in [-0.4, -0.2) is 10.1 Å². The van der Waals surface area contributed by atoms with Crippen LogP contribution in [0.5, 0.6) is 0 Å². The quantitative estimate of drug-likeness (QED) is 0.778. The molecule has 0 saturated carbocycles. The number of nitrogens with two attached hydrogens (primary N) is 1. The second-order valence-electron chi connectivity index (χ2n) is 4.96. The van der Waals surface area contributed by atoms with Crippen molar-refractivity contribution in [3.63, 3.8) is 0 Å². The number of hydrogen-bond acceptors (Lipinski definition) is 4. The molecule has 0 spiro atoms. The monoisotopic (exact) mass is 283 g/mol. The molecule has 1 aromatic carbocycles. The highest BCUT2D eigenvalue weighted by Gasteiger charge is 2.18. The summed E-state index contributed by atoms with van der Waals surface area (Å²) in [5.41, 5.74) is 10.3. The maximum atomic E-state index is 13.4. The lowest BCUT2D eigenvalue weighted by Gasteiger charge is -2.06. The van der Waals surface area contributed by atoms with Crippen molar-refractivity contribution >= 4 is 5.82 Å². The van der Waals surface area contributed by atoms with Gasteiger partial charge in [0.1, 0.15) is 5.82 Å². The highest BCUT2D eigenvalue weighted by Crippen LogP contribution is 2.37. The molecule has 0 aliphatic rings. The first-order valence-electron chi connectivity index (χ1n) is 6.50. The summed E-state index contributed by atoms with van der Waals surface area (Å²) >= 11 is 0. The second-order valence-corrected chi connectivity index (χ2v) is 4.96. The van der Waals surface area contributed by atoms with E-state index in [0.717, 1.165) is 17.3 Å². The first-order valence-corrected chi connectivity index (χ1v) is 6.50. The van der Waals surface area contributed by atoms with E-state index in [2.05, 4.69) is 10.1 Å². The summed E-state index contributed by atoms with van der Waals surface area (Å²) in [7, 11) is 0. The molecule has 0 fully saturated rings. The summed E-state index contributed by atoms with van der Waals surface area (Å²) in [6, 6.07) is 7.30. The number of hydrogen-bond donors (Lipinski definition) is 1. The van der Waals surface area contributed by atoms with E-state index >= 15 is 0 Å². The smallest absolute Gasteiger partial charge is 0.178 e. The molecule has 5 heteroatoms. The first-order chi connectivity index (χ1) is 10.1. The van der Waals surface area contributed by atoms with Crippen LogP contribution < -0.4 is 5.73 Å². The number of aromatic nitrogens is 2. The molecule has 0 amide bonds. The fourth-order valence-corrected chi connectivity index (χ4v) is 2.21. The van der Waals surface area contributed by atoms with Crippen molar-refractivity contribution in [2.45, 2.75) is 13.8 Å². The van der Waals surface area contributed by atoms with Crippen molar-refractivity contribution in [2.24, 2.45) is 0 Å². The molecule has 3 rings (SSSR count). The molecule has 0 unspecified atom stereocenters. The molecule has 2 aromatic heterocycles. The van der Waals surface area contributed by atoms with Gasteiger partial charge in [-0.15, -0.1) is 0 Å². The van der Waals surface area contributed by atoms with Crippen LogP contribution in [0.1, 0.15) is 11.1 Å². The van der Waals surface area contributed by atoms with Crippen LogP contribution in [0.4, 0.5) is 10.2 Å². The Labute approximate surface area is 121 Å². The molecule has 0 atom stereocenters. The Morgan fingerprint density at radius 1 is 1.05 bits per heavy atom. The lowest BCUT2D eigenvalue weighted by molar-refractivity contribution is 0.435. The van der Waals surface area contributed by atoms with Gasteiger partial charge in [0.25, 0.3) is 0 Å². The highest BCUT2D eigenvalue weighted by molar-refractivity contribution is 5.86. The minimum Gasteiger partial charge on any atom is -0.380 e. The minimum absolute atomic E-state index is 0.275. The zero-order valence-corrected chi connectivity index (χ0v) is 11.7. The first kappa shape index (κ1) is 13.3. The molecule has 0 saturated heterocycles. The molecule has 0 bridgehead atoms. The van der Waals surface area contributed by atoms with Crippen LogP contribution in [-0.2, 0) is 0 Å². The molecule has 0 radical (unpaired) electrons. The van der Waals surface area contributed by atoms with Crippen LogP contribution in [0.2, 0.25) is 0 Å². The number of aryl methyl sites for hydroxylation is 2. The van der Waals surface area contributed by atoms with Crippen molar-refractivity contribution in [3.8, 4) is 22.5 Å². The van der Waals surface area contributed by atoms with Gasteiger partial charge in [-0.25, -0.2) is 4.39 Å². The van der Waals surface area contributed by atoms with Crippen LogP contribution in [0, 0.1) is 19.7 Å². The zero-order chi connectivity index (χ0) is 15.0. The average molecular weight is 283 g/mol. The maximum absolute atomic E-state index is 13.4. The van der Waals surface area contributed by atoms with Crippen molar-refractivity contribution in [1.29, 1.82) is 0 Å². The third-order valence-electron chi connectivity index (χ3n) is 3.48. The predicted octanol–water partition coefficient (Wildman–Crippen LogP) is 3.74. The van der Waals surface area contributed by atoms with E-state index in [1.807, 2.05) is 32.0 Å². The Morgan fingerprint density at radius 2 is 1.86 bits per heavy atom. The molecule has 3 aromatic rings. The van der Waals surface area contributed by atoms with Gasteiger partial charge in [0.15, 0.2) is 11.6 Å². The molecular weight excluding hydrogens is 269 g/mol. The largest absolute Gasteiger partial charge is 0.380 e. The van der Waals surface area contributed by atoms with Crippen LogP contribution >= 0.6 is 0 Å². The highest BCUT2D eigenvalue weighted by atomic mass is 19.1. The van der Waals surface area contributed by atoms with Crippen molar-refractivity contribution in [3.05, 3.63) is 53.6 Å². The molecule has 2 heterocycles. The standard InChI is InChI=1S/C16H14FN3O/c1-9-3-4-11(5-10(9)2)14-15(21-20-16(14)18)12-6-13(17)8-19-7-12/h3-8H,1-2H3,(H2,18,20). The van der Waals surface area contributed by atoms with Gasteiger partial charge >= 0.3 is 0 Å². The summed E-state index contributed by atoms with van der Waals surface area (Å²) < 4.78 is 18.6. The van der Waals surface area contributed by atoms with E-state index in [1.165, 1.54) is 17.8 Å². The third-order valence-corrected chi connectivity index (χ3v) is 3.48. The molecule has 0 aliphatic carbocycles. The number of pyridine rings is 1. The number of halogens is 1. The number of benzene rings is 1. The maximum Gasteiger partial charge on any atom is 0.178 e. The molecule has 106 valence electrons. The predicted molar refractivity (Wildman–Crippen MR) is 79.0 cm³/mol. The molecule has 21 heavy (non-hydrogen) atoms. The van der Waals surface area contributed by atoms with Gasteiger partial charge in [-0.3, -0.25) is 4.98 Å². The number of anilines is 1. The van der Waals surface area contributed by atoms with Gasteiger partial charge in [-0.05, 0) is 36.6 Å². The van der Waals surface area contributed by atoms with E-state index in [1.54, 1.807) is 0 Å². The second kappa shape index (κ2) is 5.01. The number of nitrogen functional groups attached to an aromatic ring is 1. The van der Waals surface area contributed by atoms with Crippen molar-refractivity contribution in [2.75, 3.05) is 5.73 Å². The Balaban J connectivity index is 2.19. The van der Waals surface area contributed by atoms with E-state index in [-0.39, 0.29) is 5.82 Å². The van der Waals surface area contributed by atoms with Crippen LogP contribution in [0.15, 0.2) is 41.2 Å². The lowest BCUT2D eigenvalue weighted by Crippen LogP contribution is -1.91. The topological polar surface area (TPSA) is 64.9 Å². The molecule has 0 aliphatic heterocycles. The van der Waals surface area contributed by atoms with E-state index in [9.17, 15) is 4.39 Å². The van der Waals surface area contributed by atoms with Crippen molar-refractivity contribution in [1.82, 2.24) is 10.1 Å². The van der Waals surface area contributed by atoms with E-state index in [0.29, 0.717) is 16.9 Å². The van der Waals surface area contributed by atoms with E-state index in [4.69, 9.17) is 10.3 Å². The number of rotatable bonds is 2. The molecule has 4 nitrogen and oxygen atoms in total. The van der Waals surface area contributed by atoms with Gasteiger partial charge in [0.05, 0.1) is 11.8 Å². The van der Waals surface area contributed by atoms with Crippen molar-refractivity contribution < 1.29 is 8.91 Å². The van der Waals surface area contributed by atoms with Gasteiger partial charge in [0, 0.05) is 11.8 Å². The lowest BCUT2D eigenvalue weighted by atomic mass is 9.98. The van der Waals surface area contributed by atoms with Crippen LogP contribution in [0.25, 0.3) is 22.5 Å². The Bertz CT molecular complexity index is 811. The average Bonchev–Trinajstić information content (AvgIpc) is 2.84. The van der Waals surface area contributed by atoms with E-state index < -0.39 is 5.82 Å². The minimum atomic E-state index is -0.437. The van der Waals surface area contributed by atoms with Gasteiger partial charge in [0.2, 0.25) is 0 Å². The normalized spacial score (nSPS) is 10.8. The van der Waals surface area contributed by atoms with Gasteiger partial charge in [-0.1, -0.05) is 23.4 Å². The van der Waals surface area contributed by atoms with Gasteiger partial charge < -0.3 is 10.3 Å². The Kier molecular flexibility index (Phi) is 3.17. The third kappa shape index (κ3) is 2.38. The summed E-state index contributed by atoms with van der Waals surface area (Å²) in [5, 5.41) is 3.80.